The van der Waals surface area contributed by atoms with Crippen molar-refractivity contribution in [2.24, 2.45) is 13.0 Å². The van der Waals surface area contributed by atoms with Gasteiger partial charge in [0.2, 0.25) is 0 Å². The molecule has 0 spiro atoms. The maximum absolute atomic E-state index is 6.37. The van der Waals surface area contributed by atoms with Crippen molar-refractivity contribution >= 4 is 11.6 Å². The van der Waals surface area contributed by atoms with Gasteiger partial charge in [-0.2, -0.15) is 10.2 Å². The number of nitrogens with zero attached hydrogens (tertiary/aromatic N) is 6. The molecule has 0 unspecified atom stereocenters. The van der Waals surface area contributed by atoms with Crippen LogP contribution in [0.5, 0.6) is 0 Å². The molecule has 1 fully saturated rings. The third-order valence-corrected chi connectivity index (χ3v) is 5.12. The predicted molar refractivity (Wildman–Crippen MR) is 90.5 cm³/mol. The Morgan fingerprint density at radius 2 is 2.00 bits per heavy atom. The minimum absolute atomic E-state index is 0.610. The fourth-order valence-electron chi connectivity index (χ4n) is 3.50. The van der Waals surface area contributed by atoms with E-state index in [-0.39, 0.29) is 0 Å². The van der Waals surface area contributed by atoms with Crippen molar-refractivity contribution in [3.8, 4) is 0 Å². The van der Waals surface area contributed by atoms with Crippen LogP contribution in [0.2, 0.25) is 5.15 Å². The number of hydrogen-bond acceptors (Lipinski definition) is 4. The van der Waals surface area contributed by atoms with Crippen LogP contribution in [-0.2, 0) is 20.1 Å². The first-order valence-electron chi connectivity index (χ1n) is 8.22. The summed E-state index contributed by atoms with van der Waals surface area (Å²) in [5.41, 5.74) is 2.19. The van der Waals surface area contributed by atoms with Gasteiger partial charge in [-0.05, 0) is 46.1 Å². The molecule has 126 valence electrons. The molecule has 0 N–H and O–H groups in total. The van der Waals surface area contributed by atoms with E-state index < -0.39 is 0 Å². The van der Waals surface area contributed by atoms with Gasteiger partial charge in [-0.15, -0.1) is 0 Å². The van der Waals surface area contributed by atoms with Gasteiger partial charge in [-0.3, -0.25) is 9.58 Å². The normalized spacial score (nSPS) is 19.4. The monoisotopic (exact) mass is 336 g/mol. The molecule has 1 saturated heterocycles. The van der Waals surface area contributed by atoms with Crippen LogP contribution in [0.3, 0.4) is 0 Å². The molecule has 0 amide bonds. The van der Waals surface area contributed by atoms with Crippen molar-refractivity contribution in [1.29, 1.82) is 0 Å². The number of hydrogen-bond donors (Lipinski definition) is 0. The van der Waals surface area contributed by atoms with Crippen molar-refractivity contribution in [3.63, 3.8) is 0 Å². The molecule has 0 saturated carbocycles. The standard InChI is InChI=1S/C16H25ClN6/c1-11-15(16(17)21(4)19-11)10-22-7-5-6-14(8-22)9-23-13(3)18-12(2)20-23/h14H,5-10H2,1-4H3/t14-/m1/s1. The summed E-state index contributed by atoms with van der Waals surface area (Å²) < 4.78 is 3.81. The molecule has 3 heterocycles. The molecule has 0 radical (unpaired) electrons. The maximum Gasteiger partial charge on any atom is 0.147 e. The van der Waals surface area contributed by atoms with Gasteiger partial charge in [-0.1, -0.05) is 11.6 Å². The van der Waals surface area contributed by atoms with Crippen LogP contribution in [0.25, 0.3) is 0 Å². The predicted octanol–water partition coefficient (Wildman–Crippen LogP) is 2.50. The third-order valence-electron chi connectivity index (χ3n) is 4.65. The lowest BCUT2D eigenvalue weighted by atomic mass is 9.97. The fraction of sp³-hybridized carbons (Fsp3) is 0.688. The lowest BCUT2D eigenvalue weighted by Gasteiger charge is -2.32. The molecular weight excluding hydrogens is 312 g/mol. The van der Waals surface area contributed by atoms with Crippen LogP contribution in [0, 0.1) is 26.7 Å². The summed E-state index contributed by atoms with van der Waals surface area (Å²) >= 11 is 6.37. The third kappa shape index (κ3) is 3.58. The first-order valence-corrected chi connectivity index (χ1v) is 8.60. The lowest BCUT2D eigenvalue weighted by Crippen LogP contribution is -2.37. The van der Waals surface area contributed by atoms with E-state index >= 15 is 0 Å². The Bertz CT molecular complexity index is 689. The van der Waals surface area contributed by atoms with Gasteiger partial charge in [0.15, 0.2) is 0 Å². The highest BCUT2D eigenvalue weighted by Gasteiger charge is 2.23. The van der Waals surface area contributed by atoms with Crippen LogP contribution in [-0.4, -0.2) is 42.5 Å². The zero-order valence-electron chi connectivity index (χ0n) is 14.4. The van der Waals surface area contributed by atoms with Crippen molar-refractivity contribution in [2.45, 2.75) is 46.7 Å². The molecule has 6 nitrogen and oxygen atoms in total. The Morgan fingerprint density at radius 3 is 2.61 bits per heavy atom. The van der Waals surface area contributed by atoms with E-state index in [0.29, 0.717) is 5.92 Å². The highest BCUT2D eigenvalue weighted by molar-refractivity contribution is 6.30. The van der Waals surface area contributed by atoms with Gasteiger partial charge < -0.3 is 0 Å². The molecule has 7 heteroatoms. The lowest BCUT2D eigenvalue weighted by molar-refractivity contribution is 0.152. The van der Waals surface area contributed by atoms with E-state index in [0.717, 1.165) is 54.2 Å². The second-order valence-electron chi connectivity index (χ2n) is 6.61. The number of aromatic nitrogens is 5. The molecule has 1 atom stereocenters. The second-order valence-corrected chi connectivity index (χ2v) is 6.97. The molecule has 1 aliphatic rings. The van der Waals surface area contributed by atoms with Gasteiger partial charge in [0.25, 0.3) is 0 Å². The number of rotatable bonds is 4. The molecule has 0 bridgehead atoms. The highest BCUT2D eigenvalue weighted by Crippen LogP contribution is 2.25. The molecule has 0 aliphatic carbocycles. The summed E-state index contributed by atoms with van der Waals surface area (Å²) in [7, 11) is 1.90. The minimum atomic E-state index is 0.610. The highest BCUT2D eigenvalue weighted by atomic mass is 35.5. The van der Waals surface area contributed by atoms with E-state index in [1.165, 1.54) is 12.8 Å². The Kier molecular flexibility index (Phi) is 4.73. The molecule has 0 aromatic carbocycles. The van der Waals surface area contributed by atoms with Gasteiger partial charge in [0, 0.05) is 32.2 Å². The zero-order valence-corrected chi connectivity index (χ0v) is 15.1. The summed E-state index contributed by atoms with van der Waals surface area (Å²) in [4.78, 5) is 6.89. The van der Waals surface area contributed by atoms with E-state index in [2.05, 4.69) is 20.1 Å². The largest absolute Gasteiger partial charge is 0.299 e. The Balaban J connectivity index is 1.65. The van der Waals surface area contributed by atoms with Crippen molar-refractivity contribution < 1.29 is 0 Å². The average molecular weight is 337 g/mol. The molecule has 3 rings (SSSR count). The van der Waals surface area contributed by atoms with Crippen LogP contribution >= 0.6 is 11.6 Å². The Hall–Kier alpha value is -1.40. The Labute approximate surface area is 142 Å². The molecule has 1 aliphatic heterocycles. The van der Waals surface area contributed by atoms with Gasteiger partial charge in [0.05, 0.1) is 5.69 Å². The van der Waals surface area contributed by atoms with E-state index in [1.54, 1.807) is 4.68 Å². The SMILES string of the molecule is Cc1nc(C)n(C[C@@H]2CCCN(Cc3c(C)nn(C)c3Cl)C2)n1. The smallest absolute Gasteiger partial charge is 0.147 e. The number of aryl methyl sites for hydroxylation is 4. The second kappa shape index (κ2) is 6.61. The summed E-state index contributed by atoms with van der Waals surface area (Å²) in [6.07, 6.45) is 2.46. The first-order chi connectivity index (χ1) is 10.9. The summed E-state index contributed by atoms with van der Waals surface area (Å²) in [5.74, 6) is 2.47. The van der Waals surface area contributed by atoms with Crippen molar-refractivity contribution in [3.05, 3.63) is 28.1 Å². The average Bonchev–Trinajstić information content (AvgIpc) is 2.93. The van der Waals surface area contributed by atoms with E-state index in [4.69, 9.17) is 11.6 Å². The van der Waals surface area contributed by atoms with E-state index in [9.17, 15) is 0 Å². The maximum atomic E-state index is 6.37. The van der Waals surface area contributed by atoms with E-state index in [1.807, 2.05) is 32.5 Å². The topological polar surface area (TPSA) is 51.8 Å². The minimum Gasteiger partial charge on any atom is -0.299 e. The van der Waals surface area contributed by atoms with Crippen LogP contribution in [0.4, 0.5) is 0 Å². The molecule has 2 aromatic heterocycles. The zero-order chi connectivity index (χ0) is 16.6. The molecule has 23 heavy (non-hydrogen) atoms. The summed E-state index contributed by atoms with van der Waals surface area (Å²) in [5, 5.41) is 9.67. The van der Waals surface area contributed by atoms with Gasteiger partial charge in [0.1, 0.15) is 16.8 Å². The van der Waals surface area contributed by atoms with Gasteiger partial charge >= 0.3 is 0 Å². The van der Waals surface area contributed by atoms with Crippen molar-refractivity contribution in [2.75, 3.05) is 13.1 Å². The van der Waals surface area contributed by atoms with Crippen molar-refractivity contribution in [1.82, 2.24) is 29.4 Å². The quantitative estimate of drug-likeness (QED) is 0.860. The fourth-order valence-corrected chi connectivity index (χ4v) is 3.73. The number of likely N-dealkylation sites (tertiary alicyclic amines) is 1. The summed E-state index contributed by atoms with van der Waals surface area (Å²) in [6, 6.07) is 0. The Morgan fingerprint density at radius 1 is 1.22 bits per heavy atom. The number of halogens is 1. The first kappa shape index (κ1) is 16.5. The van der Waals surface area contributed by atoms with Gasteiger partial charge in [-0.25, -0.2) is 9.67 Å². The molecular formula is C16H25ClN6. The number of piperidine rings is 1. The molecule has 2 aromatic rings. The summed E-state index contributed by atoms with van der Waals surface area (Å²) in [6.45, 7) is 10.0. The van der Waals surface area contributed by atoms with Crippen LogP contribution < -0.4 is 0 Å². The van der Waals surface area contributed by atoms with Crippen LogP contribution in [0.1, 0.15) is 35.7 Å². The van der Waals surface area contributed by atoms with Crippen LogP contribution in [0.15, 0.2) is 0 Å².